The third-order valence-corrected chi connectivity index (χ3v) is 6.41. The van der Waals surface area contributed by atoms with Crippen molar-refractivity contribution >= 4 is 22.6 Å². The molecular formula is C29H27N3O5. The van der Waals surface area contributed by atoms with Gasteiger partial charge in [-0.1, -0.05) is 54.6 Å². The van der Waals surface area contributed by atoms with E-state index in [1.165, 1.54) is 6.07 Å². The number of carbonyl (C=O) groups is 2. The van der Waals surface area contributed by atoms with Crippen LogP contribution in [0.25, 0.3) is 22.2 Å². The minimum absolute atomic E-state index is 0.0104. The molecule has 4 aromatic rings. The molecule has 1 amide bonds. The molecule has 0 bridgehead atoms. The molecule has 2 unspecified atom stereocenters. The lowest BCUT2D eigenvalue weighted by atomic mass is 9.92. The number of pyridine rings is 1. The summed E-state index contributed by atoms with van der Waals surface area (Å²) >= 11 is 0. The van der Waals surface area contributed by atoms with E-state index in [4.69, 9.17) is 9.15 Å². The Hall–Kier alpha value is -4.30. The Morgan fingerprint density at radius 3 is 2.73 bits per heavy atom. The number of hydrogen-bond donors (Lipinski definition) is 2. The van der Waals surface area contributed by atoms with Crippen LogP contribution in [0.15, 0.2) is 83.5 Å². The van der Waals surface area contributed by atoms with Gasteiger partial charge in [0.15, 0.2) is 0 Å². The normalized spacial score (nSPS) is 17.1. The van der Waals surface area contributed by atoms with E-state index in [9.17, 15) is 14.7 Å². The van der Waals surface area contributed by atoms with E-state index in [2.05, 4.69) is 27.4 Å². The number of rotatable bonds is 9. The van der Waals surface area contributed by atoms with Crippen molar-refractivity contribution in [2.24, 2.45) is 5.92 Å². The van der Waals surface area contributed by atoms with Gasteiger partial charge in [0.1, 0.15) is 17.7 Å². The maximum atomic E-state index is 13.1. The maximum Gasteiger partial charge on any atom is 0.354 e. The van der Waals surface area contributed by atoms with Crippen molar-refractivity contribution in [1.29, 1.82) is 0 Å². The molecule has 2 heterocycles. The Morgan fingerprint density at radius 1 is 1.08 bits per heavy atom. The van der Waals surface area contributed by atoms with Crippen molar-refractivity contribution in [2.45, 2.75) is 25.4 Å². The van der Waals surface area contributed by atoms with Crippen LogP contribution in [0.5, 0.6) is 0 Å². The topological polar surface area (TPSA) is 115 Å². The number of allylic oxidation sites excluding steroid dienone is 1. The average molecular weight is 498 g/mol. The number of nitrogens with zero attached hydrogens (tertiary/aromatic N) is 2. The second-order valence-corrected chi connectivity index (χ2v) is 8.93. The first-order valence-corrected chi connectivity index (χ1v) is 12.3. The summed E-state index contributed by atoms with van der Waals surface area (Å²) in [5.74, 6) is -1.01. The van der Waals surface area contributed by atoms with Crippen LogP contribution in [-0.2, 0) is 11.2 Å². The SMILES string of the molecule is O=C(O)c1cc2ccccc2c(C(=O)NCC2C=CCCC2OCCc2coc(-c3ccccc3)n2)n1. The molecule has 0 radical (unpaired) electrons. The van der Waals surface area contributed by atoms with Gasteiger partial charge in [-0.15, -0.1) is 0 Å². The van der Waals surface area contributed by atoms with E-state index >= 15 is 0 Å². The Bertz CT molecular complexity index is 1430. The summed E-state index contributed by atoms with van der Waals surface area (Å²) in [5, 5.41) is 13.6. The fourth-order valence-corrected chi connectivity index (χ4v) is 4.50. The highest BCUT2D eigenvalue weighted by Gasteiger charge is 2.24. The van der Waals surface area contributed by atoms with Crippen LogP contribution in [0.3, 0.4) is 0 Å². The molecule has 0 fully saturated rings. The van der Waals surface area contributed by atoms with Gasteiger partial charge in [0.05, 0.1) is 18.4 Å². The number of amides is 1. The fraction of sp³-hybridized carbons (Fsp3) is 0.241. The summed E-state index contributed by atoms with van der Waals surface area (Å²) in [6.07, 6.45) is 8.14. The van der Waals surface area contributed by atoms with Gasteiger partial charge in [-0.05, 0) is 36.4 Å². The van der Waals surface area contributed by atoms with Gasteiger partial charge >= 0.3 is 5.97 Å². The van der Waals surface area contributed by atoms with Crippen molar-refractivity contribution in [3.63, 3.8) is 0 Å². The number of aromatic carboxylic acids is 1. The van der Waals surface area contributed by atoms with E-state index in [0.717, 1.165) is 24.1 Å². The Morgan fingerprint density at radius 2 is 1.89 bits per heavy atom. The van der Waals surface area contributed by atoms with Crippen molar-refractivity contribution in [2.75, 3.05) is 13.2 Å². The zero-order valence-corrected chi connectivity index (χ0v) is 20.2. The predicted octanol–water partition coefficient (Wildman–Crippen LogP) is 4.91. The number of carboxylic acids is 1. The number of nitrogens with one attached hydrogen (secondary N) is 1. The van der Waals surface area contributed by atoms with E-state index in [0.29, 0.717) is 36.2 Å². The summed E-state index contributed by atoms with van der Waals surface area (Å²) in [6, 6.07) is 18.3. The Balaban J connectivity index is 1.19. The molecule has 37 heavy (non-hydrogen) atoms. The second kappa shape index (κ2) is 11.2. The van der Waals surface area contributed by atoms with Crippen LogP contribution in [-0.4, -0.2) is 46.2 Å². The molecule has 8 nitrogen and oxygen atoms in total. The number of carbonyl (C=O) groups excluding carboxylic acids is 1. The lowest BCUT2D eigenvalue weighted by Gasteiger charge is -2.28. The van der Waals surface area contributed by atoms with Gasteiger partial charge in [0.25, 0.3) is 5.91 Å². The molecule has 0 spiro atoms. The van der Waals surface area contributed by atoms with Crippen LogP contribution in [0, 0.1) is 5.92 Å². The highest BCUT2D eigenvalue weighted by molar-refractivity contribution is 6.07. The molecule has 1 aliphatic carbocycles. The molecule has 2 aromatic heterocycles. The minimum atomic E-state index is -1.17. The first-order chi connectivity index (χ1) is 18.1. The van der Waals surface area contributed by atoms with Gasteiger partial charge in [0.2, 0.25) is 5.89 Å². The molecule has 5 rings (SSSR count). The fourth-order valence-electron chi connectivity index (χ4n) is 4.50. The van der Waals surface area contributed by atoms with Crippen molar-refractivity contribution in [3.8, 4) is 11.5 Å². The second-order valence-electron chi connectivity index (χ2n) is 8.93. The maximum absolute atomic E-state index is 13.1. The highest BCUT2D eigenvalue weighted by Crippen LogP contribution is 2.23. The quantitative estimate of drug-likeness (QED) is 0.316. The first kappa shape index (κ1) is 24.4. The van der Waals surface area contributed by atoms with Crippen LogP contribution in [0.1, 0.15) is 39.5 Å². The lowest BCUT2D eigenvalue weighted by Crippen LogP contribution is -2.37. The number of benzene rings is 2. The minimum Gasteiger partial charge on any atom is -0.477 e. The summed E-state index contributed by atoms with van der Waals surface area (Å²) in [4.78, 5) is 33.2. The molecule has 8 heteroatoms. The molecule has 0 saturated carbocycles. The monoisotopic (exact) mass is 497 g/mol. The van der Waals surface area contributed by atoms with E-state index in [1.54, 1.807) is 30.5 Å². The predicted molar refractivity (Wildman–Crippen MR) is 138 cm³/mol. The zero-order chi connectivity index (χ0) is 25.6. The molecule has 2 N–H and O–H groups in total. The van der Waals surface area contributed by atoms with Gasteiger partial charge in [-0.2, -0.15) is 0 Å². The van der Waals surface area contributed by atoms with Crippen LogP contribution in [0.4, 0.5) is 0 Å². The number of aromatic nitrogens is 2. The van der Waals surface area contributed by atoms with Crippen LogP contribution >= 0.6 is 0 Å². The smallest absolute Gasteiger partial charge is 0.354 e. The van der Waals surface area contributed by atoms with Gasteiger partial charge in [-0.25, -0.2) is 14.8 Å². The largest absolute Gasteiger partial charge is 0.477 e. The average Bonchev–Trinajstić information content (AvgIpc) is 3.41. The van der Waals surface area contributed by atoms with Gasteiger partial charge in [-0.3, -0.25) is 4.79 Å². The zero-order valence-electron chi connectivity index (χ0n) is 20.2. The Labute approximate surface area is 214 Å². The third-order valence-electron chi connectivity index (χ3n) is 6.41. The molecule has 2 aromatic carbocycles. The van der Waals surface area contributed by atoms with E-state index < -0.39 is 11.9 Å². The molecular weight excluding hydrogens is 470 g/mol. The molecule has 2 atom stereocenters. The lowest BCUT2D eigenvalue weighted by molar-refractivity contribution is 0.0187. The molecule has 0 aliphatic heterocycles. The van der Waals surface area contributed by atoms with E-state index in [1.807, 2.05) is 30.3 Å². The van der Waals surface area contributed by atoms with Gasteiger partial charge in [0, 0.05) is 29.8 Å². The van der Waals surface area contributed by atoms with Crippen molar-refractivity contribution in [3.05, 3.63) is 96.2 Å². The molecule has 188 valence electrons. The highest BCUT2D eigenvalue weighted by atomic mass is 16.5. The number of fused-ring (bicyclic) bond motifs is 1. The van der Waals surface area contributed by atoms with E-state index in [-0.39, 0.29) is 23.4 Å². The number of carboxylic acid groups (broad SMARTS) is 1. The van der Waals surface area contributed by atoms with Crippen LogP contribution in [0.2, 0.25) is 0 Å². The summed E-state index contributed by atoms with van der Waals surface area (Å²) in [6.45, 7) is 0.839. The third kappa shape index (κ3) is 5.76. The number of hydrogen-bond acceptors (Lipinski definition) is 6. The Kier molecular flexibility index (Phi) is 7.37. The summed E-state index contributed by atoms with van der Waals surface area (Å²) in [5.41, 5.74) is 1.70. The summed E-state index contributed by atoms with van der Waals surface area (Å²) < 4.78 is 11.8. The number of oxazole rings is 1. The number of ether oxygens (including phenoxy) is 1. The standard InChI is InChI=1S/C29H27N3O5/c33-27(26-23-12-6-4-10-20(23)16-24(32-26)29(34)35)30-17-21-11-5-7-13-25(21)36-15-14-22-18-37-28(31-22)19-8-2-1-3-9-19/h1-6,8-12,16,18,21,25H,7,13-15,17H2,(H,30,33)(H,34,35). The van der Waals surface area contributed by atoms with Crippen LogP contribution < -0.4 is 5.32 Å². The molecule has 1 aliphatic rings. The van der Waals surface area contributed by atoms with Crippen molar-refractivity contribution in [1.82, 2.24) is 15.3 Å². The van der Waals surface area contributed by atoms with Gasteiger partial charge < -0.3 is 19.6 Å². The summed E-state index contributed by atoms with van der Waals surface area (Å²) in [7, 11) is 0. The van der Waals surface area contributed by atoms with Crippen molar-refractivity contribution < 1.29 is 23.8 Å². The molecule has 0 saturated heterocycles. The first-order valence-electron chi connectivity index (χ1n) is 12.3.